The molecule has 0 radical (unpaired) electrons. The van der Waals surface area contributed by atoms with Crippen molar-refractivity contribution in [1.82, 2.24) is 0 Å². The van der Waals surface area contributed by atoms with E-state index in [2.05, 4.69) is 113 Å². The van der Waals surface area contributed by atoms with Crippen molar-refractivity contribution in [2.24, 2.45) is 34.0 Å². The molecular formula is C28H52. The molecule has 3 atom stereocenters. The van der Waals surface area contributed by atoms with Crippen LogP contribution in [0.4, 0.5) is 0 Å². The van der Waals surface area contributed by atoms with E-state index >= 15 is 0 Å². The summed E-state index contributed by atoms with van der Waals surface area (Å²) in [6.07, 6.45) is 16.8. The Balaban J connectivity index is 5.61. The van der Waals surface area contributed by atoms with Gasteiger partial charge < -0.3 is 0 Å². The van der Waals surface area contributed by atoms with Crippen molar-refractivity contribution in [2.75, 3.05) is 0 Å². The molecule has 0 aliphatic carbocycles. The van der Waals surface area contributed by atoms with E-state index in [0.29, 0.717) is 23.2 Å². The molecule has 0 N–H and O–H groups in total. The standard InChI is InChI=1S/C28H52/c1-13-18-28(12,19-14-2)27(10,11)20-24(6)25(21-26(7,8)9)17-15-16-23(5)22(3)4/h13,15-18,22,24-25H,14,19-21H2,1-12H3. The Morgan fingerprint density at radius 2 is 1.50 bits per heavy atom. The average Bonchev–Trinajstić information content (AvgIpc) is 2.52. The third-order valence-electron chi connectivity index (χ3n) is 6.89. The average molecular weight is 389 g/mol. The molecule has 0 aromatic carbocycles. The molecule has 0 spiro atoms. The van der Waals surface area contributed by atoms with E-state index in [4.69, 9.17) is 0 Å². The molecule has 0 saturated carbocycles. The Morgan fingerprint density at radius 3 is 1.93 bits per heavy atom. The van der Waals surface area contributed by atoms with Crippen LogP contribution in [0.2, 0.25) is 0 Å². The zero-order valence-corrected chi connectivity index (χ0v) is 21.4. The van der Waals surface area contributed by atoms with E-state index < -0.39 is 0 Å². The lowest BCUT2D eigenvalue weighted by molar-refractivity contribution is 0.0835. The highest BCUT2D eigenvalue weighted by Crippen LogP contribution is 2.49. The number of rotatable bonds is 11. The van der Waals surface area contributed by atoms with E-state index in [0.717, 1.165) is 0 Å². The Bertz CT molecular complexity index is 521. The quantitative estimate of drug-likeness (QED) is 0.244. The second kappa shape index (κ2) is 11.4. The molecule has 0 rings (SSSR count). The molecule has 0 fully saturated rings. The lowest BCUT2D eigenvalue weighted by Gasteiger charge is -2.45. The summed E-state index contributed by atoms with van der Waals surface area (Å²) in [5.74, 6) is 1.91. The molecule has 0 bridgehead atoms. The topological polar surface area (TPSA) is 0 Å². The van der Waals surface area contributed by atoms with Crippen LogP contribution in [0.3, 0.4) is 0 Å². The van der Waals surface area contributed by atoms with E-state index in [1.165, 1.54) is 31.3 Å². The maximum absolute atomic E-state index is 2.49. The Labute approximate surface area is 179 Å². The fraction of sp³-hybridized carbons (Fsp3) is 0.786. The Hall–Kier alpha value is -0.780. The summed E-state index contributed by atoms with van der Waals surface area (Å²) in [6, 6.07) is 0. The fourth-order valence-corrected chi connectivity index (χ4v) is 4.43. The smallest absolute Gasteiger partial charge is 0.00955 e. The molecule has 0 heteroatoms. The summed E-state index contributed by atoms with van der Waals surface area (Å²) >= 11 is 0. The molecule has 0 nitrogen and oxygen atoms in total. The van der Waals surface area contributed by atoms with Crippen LogP contribution in [0.25, 0.3) is 0 Å². The predicted octanol–water partition coefficient (Wildman–Crippen LogP) is 9.63. The first-order valence-electron chi connectivity index (χ1n) is 11.7. The number of allylic oxidation sites excluding steroid dienone is 6. The largest absolute Gasteiger partial charge is 0.0911 e. The highest BCUT2D eigenvalue weighted by Gasteiger charge is 2.40. The van der Waals surface area contributed by atoms with Gasteiger partial charge in [0.2, 0.25) is 0 Å². The monoisotopic (exact) mass is 388 g/mol. The van der Waals surface area contributed by atoms with Gasteiger partial charge >= 0.3 is 0 Å². The minimum absolute atomic E-state index is 0.259. The van der Waals surface area contributed by atoms with Gasteiger partial charge in [-0.25, -0.2) is 0 Å². The highest BCUT2D eigenvalue weighted by molar-refractivity contribution is 5.13. The first-order valence-corrected chi connectivity index (χ1v) is 11.7. The Kier molecular flexibility index (Phi) is 11.1. The van der Waals surface area contributed by atoms with Crippen LogP contribution in [0.1, 0.15) is 109 Å². The summed E-state index contributed by atoms with van der Waals surface area (Å²) in [5, 5.41) is 0. The van der Waals surface area contributed by atoms with Gasteiger partial charge in [0.25, 0.3) is 0 Å². The minimum atomic E-state index is 0.259. The molecule has 0 aromatic rings. The Morgan fingerprint density at radius 1 is 0.929 bits per heavy atom. The molecule has 0 aromatic heterocycles. The fourth-order valence-electron chi connectivity index (χ4n) is 4.43. The third kappa shape index (κ3) is 9.15. The van der Waals surface area contributed by atoms with Gasteiger partial charge in [-0.05, 0) is 67.1 Å². The molecule has 28 heavy (non-hydrogen) atoms. The van der Waals surface area contributed by atoms with Crippen LogP contribution < -0.4 is 0 Å². The van der Waals surface area contributed by atoms with Crippen LogP contribution >= 0.6 is 0 Å². The summed E-state index contributed by atoms with van der Waals surface area (Å²) in [6.45, 7) is 28.3. The van der Waals surface area contributed by atoms with Crippen LogP contribution in [-0.2, 0) is 0 Å². The second-order valence-electron chi connectivity index (χ2n) is 11.6. The van der Waals surface area contributed by atoms with Gasteiger partial charge in [0.05, 0.1) is 0 Å². The minimum Gasteiger partial charge on any atom is -0.0911 e. The van der Waals surface area contributed by atoms with Crippen LogP contribution in [0.5, 0.6) is 0 Å². The van der Waals surface area contributed by atoms with Crippen molar-refractivity contribution >= 4 is 0 Å². The summed E-state index contributed by atoms with van der Waals surface area (Å²) in [5.41, 5.74) is 2.35. The van der Waals surface area contributed by atoms with Gasteiger partial charge in [-0.2, -0.15) is 0 Å². The zero-order chi connectivity index (χ0) is 22.2. The van der Waals surface area contributed by atoms with E-state index in [1.54, 1.807) is 0 Å². The van der Waals surface area contributed by atoms with E-state index in [-0.39, 0.29) is 10.8 Å². The second-order valence-corrected chi connectivity index (χ2v) is 11.6. The van der Waals surface area contributed by atoms with Crippen molar-refractivity contribution in [3.63, 3.8) is 0 Å². The van der Waals surface area contributed by atoms with Gasteiger partial charge in [0.15, 0.2) is 0 Å². The summed E-state index contributed by atoms with van der Waals surface area (Å²) in [7, 11) is 0. The van der Waals surface area contributed by atoms with Crippen molar-refractivity contribution < 1.29 is 0 Å². The molecular weight excluding hydrogens is 336 g/mol. The highest BCUT2D eigenvalue weighted by atomic mass is 14.4. The molecule has 0 aliphatic rings. The van der Waals surface area contributed by atoms with Gasteiger partial charge in [-0.3, -0.25) is 0 Å². The van der Waals surface area contributed by atoms with Crippen LogP contribution in [0, 0.1) is 34.0 Å². The normalized spacial score (nSPS) is 18.8. The number of hydrogen-bond acceptors (Lipinski definition) is 0. The summed E-state index contributed by atoms with van der Waals surface area (Å²) in [4.78, 5) is 0. The van der Waals surface area contributed by atoms with Crippen molar-refractivity contribution in [3.05, 3.63) is 36.0 Å². The van der Waals surface area contributed by atoms with Gasteiger partial charge in [-0.1, -0.05) is 112 Å². The zero-order valence-electron chi connectivity index (χ0n) is 21.4. The first kappa shape index (κ1) is 27.2. The maximum atomic E-state index is 2.49. The molecule has 0 amide bonds. The molecule has 3 unspecified atom stereocenters. The van der Waals surface area contributed by atoms with Gasteiger partial charge in [0, 0.05) is 0 Å². The SMILES string of the molecule is CC=CC(C)(CCC)C(C)(C)CC(C)C(C=CC=C(C)C(C)C)CC(C)(C)C. The van der Waals surface area contributed by atoms with Gasteiger partial charge in [-0.15, -0.1) is 0 Å². The van der Waals surface area contributed by atoms with Gasteiger partial charge in [0.1, 0.15) is 0 Å². The maximum Gasteiger partial charge on any atom is -0.00955 e. The molecule has 0 saturated heterocycles. The molecule has 0 heterocycles. The summed E-state index contributed by atoms with van der Waals surface area (Å²) < 4.78 is 0. The van der Waals surface area contributed by atoms with Crippen LogP contribution in [-0.4, -0.2) is 0 Å². The van der Waals surface area contributed by atoms with Crippen molar-refractivity contribution in [2.45, 2.75) is 109 Å². The number of hydrogen-bond donors (Lipinski definition) is 0. The van der Waals surface area contributed by atoms with Crippen LogP contribution in [0.15, 0.2) is 36.0 Å². The van der Waals surface area contributed by atoms with E-state index in [9.17, 15) is 0 Å². The molecule has 0 aliphatic heterocycles. The predicted molar refractivity (Wildman–Crippen MR) is 131 cm³/mol. The van der Waals surface area contributed by atoms with Crippen molar-refractivity contribution in [1.29, 1.82) is 0 Å². The lowest BCUT2D eigenvalue weighted by atomic mass is 9.59. The molecule has 164 valence electrons. The van der Waals surface area contributed by atoms with Crippen molar-refractivity contribution in [3.8, 4) is 0 Å². The lowest BCUT2D eigenvalue weighted by Crippen LogP contribution is -2.36. The van der Waals surface area contributed by atoms with E-state index in [1.807, 2.05) is 0 Å². The first-order chi connectivity index (χ1) is 12.7. The third-order valence-corrected chi connectivity index (χ3v) is 6.89.